The molecular weight excluding hydrogens is 352 g/mol. The van der Waals surface area contributed by atoms with Crippen LogP contribution in [0.15, 0.2) is 9.95 Å². The topological polar surface area (TPSA) is 82.5 Å². The predicted molar refractivity (Wildman–Crippen MR) is 101 cm³/mol. The standard InChI is InChI=1S/C18H20N4OS2/c1-2-22-17(23)15-13-7-3-4-8-14(13)25-16(15)21-18(22)24-11-12(10-20)6-5-9-19/h12H,2-8,11H2,1H3/t12-/m1/s1. The first-order valence-electron chi connectivity index (χ1n) is 8.64. The number of nitriles is 2. The minimum absolute atomic E-state index is 0.0555. The molecule has 0 N–H and O–H groups in total. The maximum absolute atomic E-state index is 13.0. The van der Waals surface area contributed by atoms with Crippen molar-refractivity contribution in [3.8, 4) is 12.1 Å². The maximum atomic E-state index is 13.0. The summed E-state index contributed by atoms with van der Waals surface area (Å²) in [6.45, 7) is 2.53. The molecule has 0 aromatic carbocycles. The molecule has 2 aromatic heterocycles. The van der Waals surface area contributed by atoms with E-state index in [0.29, 0.717) is 30.3 Å². The number of fused-ring (bicyclic) bond motifs is 3. The van der Waals surface area contributed by atoms with Gasteiger partial charge in [0.15, 0.2) is 5.16 Å². The van der Waals surface area contributed by atoms with E-state index < -0.39 is 0 Å². The van der Waals surface area contributed by atoms with Gasteiger partial charge in [0, 0.05) is 23.6 Å². The number of thiophene rings is 1. The molecule has 1 aliphatic rings. The number of thioether (sulfide) groups is 1. The summed E-state index contributed by atoms with van der Waals surface area (Å²) < 4.78 is 1.73. The molecule has 1 aliphatic carbocycles. The first-order valence-corrected chi connectivity index (χ1v) is 10.4. The Morgan fingerprint density at radius 2 is 2.16 bits per heavy atom. The van der Waals surface area contributed by atoms with Crippen LogP contribution in [0.25, 0.3) is 10.2 Å². The van der Waals surface area contributed by atoms with Gasteiger partial charge in [-0.25, -0.2) is 4.98 Å². The van der Waals surface area contributed by atoms with Gasteiger partial charge in [0.05, 0.1) is 23.4 Å². The molecule has 3 rings (SSSR count). The number of hydrogen-bond acceptors (Lipinski definition) is 6. The molecule has 0 radical (unpaired) electrons. The van der Waals surface area contributed by atoms with Crippen molar-refractivity contribution in [2.45, 2.75) is 57.1 Å². The molecular formula is C18H20N4OS2. The van der Waals surface area contributed by atoms with Gasteiger partial charge in [-0.2, -0.15) is 10.5 Å². The van der Waals surface area contributed by atoms with Crippen LogP contribution in [0.3, 0.4) is 0 Å². The molecule has 0 aliphatic heterocycles. The lowest BCUT2D eigenvalue weighted by molar-refractivity contribution is 0.629. The number of rotatable bonds is 6. The van der Waals surface area contributed by atoms with Crippen LogP contribution in [0.5, 0.6) is 0 Å². The lowest BCUT2D eigenvalue weighted by atomic mass is 9.97. The Kier molecular flexibility index (Phi) is 5.78. The van der Waals surface area contributed by atoms with Gasteiger partial charge < -0.3 is 0 Å². The lowest BCUT2D eigenvalue weighted by Crippen LogP contribution is -2.23. The largest absolute Gasteiger partial charge is 0.287 e. The molecule has 5 nitrogen and oxygen atoms in total. The Labute approximate surface area is 155 Å². The zero-order valence-corrected chi connectivity index (χ0v) is 15.9. The third kappa shape index (κ3) is 3.58. The minimum Gasteiger partial charge on any atom is -0.287 e. The molecule has 0 spiro atoms. The molecule has 2 aromatic rings. The number of aryl methyl sites for hydroxylation is 2. The van der Waals surface area contributed by atoms with E-state index in [9.17, 15) is 10.1 Å². The van der Waals surface area contributed by atoms with Crippen LogP contribution in [0.1, 0.15) is 43.0 Å². The van der Waals surface area contributed by atoms with Crippen molar-refractivity contribution in [1.82, 2.24) is 9.55 Å². The quantitative estimate of drug-likeness (QED) is 0.567. The fourth-order valence-corrected chi connectivity index (χ4v) is 5.63. The van der Waals surface area contributed by atoms with Crippen molar-refractivity contribution in [3.63, 3.8) is 0 Å². The Morgan fingerprint density at radius 1 is 1.36 bits per heavy atom. The summed E-state index contributed by atoms with van der Waals surface area (Å²) >= 11 is 3.11. The monoisotopic (exact) mass is 372 g/mol. The average Bonchev–Trinajstić information content (AvgIpc) is 3.00. The highest BCUT2D eigenvalue weighted by Crippen LogP contribution is 2.34. The van der Waals surface area contributed by atoms with Gasteiger partial charge in [0.2, 0.25) is 0 Å². The van der Waals surface area contributed by atoms with E-state index in [4.69, 9.17) is 10.2 Å². The molecule has 0 bridgehead atoms. The summed E-state index contributed by atoms with van der Waals surface area (Å²) in [4.78, 5) is 19.9. The fraction of sp³-hybridized carbons (Fsp3) is 0.556. The SMILES string of the molecule is CCn1c(SC[C@@H](C#N)CCC#N)nc2sc3c(c2c1=O)CCCC3. The van der Waals surface area contributed by atoms with Gasteiger partial charge in [0.25, 0.3) is 5.56 Å². The van der Waals surface area contributed by atoms with Gasteiger partial charge in [-0.1, -0.05) is 11.8 Å². The van der Waals surface area contributed by atoms with E-state index >= 15 is 0 Å². The van der Waals surface area contributed by atoms with Crippen molar-refractivity contribution in [2.24, 2.45) is 5.92 Å². The fourth-order valence-electron chi connectivity index (χ4n) is 3.21. The summed E-state index contributed by atoms with van der Waals surface area (Å²) in [6.07, 6.45) is 5.30. The smallest absolute Gasteiger partial charge is 0.263 e. The summed E-state index contributed by atoms with van der Waals surface area (Å²) in [5.74, 6) is 0.361. The highest BCUT2D eigenvalue weighted by atomic mass is 32.2. The van der Waals surface area contributed by atoms with Crippen LogP contribution in [-0.2, 0) is 19.4 Å². The maximum Gasteiger partial charge on any atom is 0.263 e. The molecule has 0 amide bonds. The van der Waals surface area contributed by atoms with E-state index in [2.05, 4.69) is 12.1 Å². The third-order valence-electron chi connectivity index (χ3n) is 4.56. The van der Waals surface area contributed by atoms with Gasteiger partial charge in [-0.15, -0.1) is 11.3 Å². The van der Waals surface area contributed by atoms with Crippen molar-refractivity contribution in [3.05, 3.63) is 20.8 Å². The highest BCUT2D eigenvalue weighted by molar-refractivity contribution is 7.99. The van der Waals surface area contributed by atoms with E-state index in [1.54, 1.807) is 15.9 Å². The summed E-state index contributed by atoms with van der Waals surface area (Å²) in [7, 11) is 0. The van der Waals surface area contributed by atoms with E-state index in [1.807, 2.05) is 6.92 Å². The number of nitrogens with zero attached hydrogens (tertiary/aromatic N) is 4. The van der Waals surface area contributed by atoms with Crippen LogP contribution in [0.4, 0.5) is 0 Å². The van der Waals surface area contributed by atoms with Crippen molar-refractivity contribution in [2.75, 3.05) is 5.75 Å². The van der Waals surface area contributed by atoms with Gasteiger partial charge >= 0.3 is 0 Å². The number of hydrogen-bond donors (Lipinski definition) is 0. The number of aromatic nitrogens is 2. The van der Waals surface area contributed by atoms with E-state index in [-0.39, 0.29) is 11.5 Å². The summed E-state index contributed by atoms with van der Waals surface area (Å²) in [5, 5.41) is 19.4. The Morgan fingerprint density at radius 3 is 2.88 bits per heavy atom. The van der Waals surface area contributed by atoms with Crippen molar-refractivity contribution in [1.29, 1.82) is 10.5 Å². The first kappa shape index (κ1) is 18.0. The Hall–Kier alpha value is -1.83. The van der Waals surface area contributed by atoms with Gasteiger partial charge in [0.1, 0.15) is 4.83 Å². The zero-order chi connectivity index (χ0) is 17.8. The Bertz CT molecular complexity index is 916. The molecule has 1 atom stereocenters. The van der Waals surface area contributed by atoms with Crippen LogP contribution in [0.2, 0.25) is 0 Å². The molecule has 7 heteroatoms. The average molecular weight is 373 g/mol. The second kappa shape index (κ2) is 8.03. The molecule has 0 saturated carbocycles. The lowest BCUT2D eigenvalue weighted by Gasteiger charge is -2.13. The van der Waals surface area contributed by atoms with E-state index in [0.717, 1.165) is 29.5 Å². The Balaban J connectivity index is 1.94. The van der Waals surface area contributed by atoms with Crippen molar-refractivity contribution < 1.29 is 0 Å². The molecule has 0 saturated heterocycles. The highest BCUT2D eigenvalue weighted by Gasteiger charge is 2.22. The van der Waals surface area contributed by atoms with Crippen LogP contribution in [-0.4, -0.2) is 15.3 Å². The molecule has 0 unspecified atom stereocenters. The predicted octanol–water partition coefficient (Wildman–Crippen LogP) is 3.89. The van der Waals surface area contributed by atoms with Crippen LogP contribution < -0.4 is 5.56 Å². The van der Waals surface area contributed by atoms with Crippen LogP contribution in [0, 0.1) is 28.6 Å². The summed E-state index contributed by atoms with van der Waals surface area (Å²) in [6, 6.07) is 4.34. The van der Waals surface area contributed by atoms with Crippen LogP contribution >= 0.6 is 23.1 Å². The normalized spacial score (nSPS) is 14.7. The second-order valence-electron chi connectivity index (χ2n) is 6.17. The molecule has 2 heterocycles. The zero-order valence-electron chi connectivity index (χ0n) is 14.2. The summed E-state index contributed by atoms with van der Waals surface area (Å²) in [5.41, 5.74) is 1.27. The first-order chi connectivity index (χ1) is 12.2. The van der Waals surface area contributed by atoms with Gasteiger partial charge in [-0.3, -0.25) is 9.36 Å². The molecule has 0 fully saturated rings. The second-order valence-corrected chi connectivity index (χ2v) is 8.24. The van der Waals surface area contributed by atoms with Crippen molar-refractivity contribution >= 4 is 33.3 Å². The third-order valence-corrected chi connectivity index (χ3v) is 6.88. The molecule has 25 heavy (non-hydrogen) atoms. The minimum atomic E-state index is -0.195. The van der Waals surface area contributed by atoms with E-state index in [1.165, 1.54) is 28.6 Å². The molecule has 130 valence electrons. The van der Waals surface area contributed by atoms with Gasteiger partial charge in [-0.05, 0) is 44.6 Å².